The van der Waals surface area contributed by atoms with Gasteiger partial charge in [0.2, 0.25) is 5.91 Å². The minimum atomic E-state index is -0.0706. The molecule has 0 fully saturated rings. The number of hydrogen-bond acceptors (Lipinski definition) is 7. The van der Waals surface area contributed by atoms with Crippen LogP contribution in [0.3, 0.4) is 0 Å². The molecule has 0 spiro atoms. The quantitative estimate of drug-likeness (QED) is 0.293. The first-order valence-corrected chi connectivity index (χ1v) is 12.9. The van der Waals surface area contributed by atoms with Crippen LogP contribution in [-0.4, -0.2) is 65.7 Å². The number of nitrogens with one attached hydrogen (secondary N) is 1. The second-order valence-electron chi connectivity index (χ2n) is 9.41. The lowest BCUT2D eigenvalue weighted by atomic mass is 10.0. The Kier molecular flexibility index (Phi) is 13.9. The van der Waals surface area contributed by atoms with Crippen molar-refractivity contribution >= 4 is 5.91 Å². The van der Waals surface area contributed by atoms with Crippen molar-refractivity contribution in [2.24, 2.45) is 5.92 Å². The van der Waals surface area contributed by atoms with Gasteiger partial charge in [0.1, 0.15) is 19.0 Å². The van der Waals surface area contributed by atoms with Crippen molar-refractivity contribution < 1.29 is 19.0 Å². The monoisotopic (exact) mass is 489 g/mol. The highest BCUT2D eigenvalue weighted by Crippen LogP contribution is 2.18. The number of amides is 1. The molecule has 2 aromatic rings. The van der Waals surface area contributed by atoms with Gasteiger partial charge in [0, 0.05) is 12.5 Å². The molecule has 1 amide bonds. The minimum absolute atomic E-state index is 0.0699. The molecule has 1 aromatic carbocycles. The maximum absolute atomic E-state index is 11.8. The second-order valence-corrected chi connectivity index (χ2v) is 9.41. The van der Waals surface area contributed by atoms with Crippen LogP contribution in [0.25, 0.3) is 5.69 Å². The molecule has 2 rings (SSSR count). The topological polar surface area (TPSA) is 100 Å². The van der Waals surface area contributed by atoms with Gasteiger partial charge in [0.05, 0.1) is 25.5 Å². The summed E-state index contributed by atoms with van der Waals surface area (Å²) in [6.45, 7) is 11.1. The fourth-order valence-corrected chi connectivity index (χ4v) is 3.51. The van der Waals surface area contributed by atoms with E-state index in [1.807, 2.05) is 24.3 Å². The molecule has 0 aliphatic heterocycles. The van der Waals surface area contributed by atoms with Crippen molar-refractivity contribution in [1.29, 1.82) is 0 Å². The summed E-state index contributed by atoms with van der Waals surface area (Å²) in [6, 6.07) is 7.61. The SMILES string of the molecule is CC(C)CCCCCCCNC(=O)COCCOCCOc1ccc(-n2nnnc2C(C)C)cc1. The van der Waals surface area contributed by atoms with Gasteiger partial charge in [-0.15, -0.1) is 5.10 Å². The molecular formula is C26H43N5O4. The predicted octanol–water partition coefficient (Wildman–Crippen LogP) is 4.31. The maximum atomic E-state index is 11.8. The van der Waals surface area contributed by atoms with Crippen LogP contribution in [0.15, 0.2) is 24.3 Å². The van der Waals surface area contributed by atoms with Gasteiger partial charge < -0.3 is 19.5 Å². The Morgan fingerprint density at radius 3 is 2.34 bits per heavy atom. The molecule has 0 saturated carbocycles. The van der Waals surface area contributed by atoms with Crippen molar-refractivity contribution in [3.63, 3.8) is 0 Å². The summed E-state index contributed by atoms with van der Waals surface area (Å²) in [5, 5.41) is 14.8. The third-order valence-electron chi connectivity index (χ3n) is 5.47. The van der Waals surface area contributed by atoms with Crippen LogP contribution in [-0.2, 0) is 14.3 Å². The maximum Gasteiger partial charge on any atom is 0.245 e. The summed E-state index contributed by atoms with van der Waals surface area (Å²) >= 11 is 0. The van der Waals surface area contributed by atoms with Crippen LogP contribution in [0.1, 0.15) is 78.0 Å². The van der Waals surface area contributed by atoms with Crippen molar-refractivity contribution in [2.45, 2.75) is 72.1 Å². The van der Waals surface area contributed by atoms with Gasteiger partial charge >= 0.3 is 0 Å². The van der Waals surface area contributed by atoms with Gasteiger partial charge in [0.25, 0.3) is 0 Å². The van der Waals surface area contributed by atoms with Gasteiger partial charge in [-0.3, -0.25) is 4.79 Å². The molecule has 196 valence electrons. The van der Waals surface area contributed by atoms with Crippen LogP contribution >= 0.6 is 0 Å². The molecule has 35 heavy (non-hydrogen) atoms. The number of carbonyl (C=O) groups is 1. The van der Waals surface area contributed by atoms with E-state index in [1.54, 1.807) is 4.68 Å². The minimum Gasteiger partial charge on any atom is -0.491 e. The van der Waals surface area contributed by atoms with Gasteiger partial charge in [-0.2, -0.15) is 4.68 Å². The molecule has 0 atom stereocenters. The number of unbranched alkanes of at least 4 members (excludes halogenated alkanes) is 4. The second kappa shape index (κ2) is 17.0. The van der Waals surface area contributed by atoms with Crippen LogP contribution < -0.4 is 10.1 Å². The molecule has 0 saturated heterocycles. The first-order valence-electron chi connectivity index (χ1n) is 12.9. The van der Waals surface area contributed by atoms with E-state index in [0.29, 0.717) is 26.4 Å². The zero-order valence-corrected chi connectivity index (χ0v) is 21.9. The van der Waals surface area contributed by atoms with Crippen LogP contribution in [0.5, 0.6) is 5.75 Å². The van der Waals surface area contributed by atoms with Crippen LogP contribution in [0, 0.1) is 5.92 Å². The van der Waals surface area contributed by atoms with E-state index < -0.39 is 0 Å². The lowest BCUT2D eigenvalue weighted by Crippen LogP contribution is -2.29. The van der Waals surface area contributed by atoms with E-state index in [1.165, 1.54) is 25.7 Å². The first-order chi connectivity index (χ1) is 17.0. The summed E-state index contributed by atoms with van der Waals surface area (Å²) in [5.74, 6) is 2.52. The highest BCUT2D eigenvalue weighted by atomic mass is 16.5. The molecule has 0 unspecified atom stereocenters. The average Bonchev–Trinajstić information content (AvgIpc) is 3.33. The van der Waals surface area contributed by atoms with Crippen molar-refractivity contribution in [2.75, 3.05) is 39.6 Å². The van der Waals surface area contributed by atoms with E-state index in [9.17, 15) is 4.79 Å². The summed E-state index contributed by atoms with van der Waals surface area (Å²) < 4.78 is 18.3. The number of tetrazole rings is 1. The summed E-state index contributed by atoms with van der Waals surface area (Å²) in [5.41, 5.74) is 0.889. The number of nitrogens with zero attached hydrogens (tertiary/aromatic N) is 4. The zero-order chi connectivity index (χ0) is 25.3. The first kappa shape index (κ1) is 28.7. The Morgan fingerprint density at radius 1 is 0.914 bits per heavy atom. The van der Waals surface area contributed by atoms with Crippen LogP contribution in [0.4, 0.5) is 0 Å². The van der Waals surface area contributed by atoms with Gasteiger partial charge in [-0.1, -0.05) is 59.8 Å². The van der Waals surface area contributed by atoms with Gasteiger partial charge in [0.15, 0.2) is 5.82 Å². The molecular weight excluding hydrogens is 446 g/mol. The highest BCUT2D eigenvalue weighted by molar-refractivity contribution is 5.77. The predicted molar refractivity (Wildman–Crippen MR) is 136 cm³/mol. The highest BCUT2D eigenvalue weighted by Gasteiger charge is 2.11. The third-order valence-corrected chi connectivity index (χ3v) is 5.47. The molecule has 0 radical (unpaired) electrons. The van der Waals surface area contributed by atoms with Crippen molar-refractivity contribution in [3.8, 4) is 11.4 Å². The number of carbonyl (C=O) groups excluding carboxylic acids is 1. The number of benzene rings is 1. The summed E-state index contributed by atoms with van der Waals surface area (Å²) in [4.78, 5) is 11.8. The fraction of sp³-hybridized carbons (Fsp3) is 0.692. The Balaban J connectivity index is 1.43. The Hall–Kier alpha value is -2.52. The van der Waals surface area contributed by atoms with E-state index >= 15 is 0 Å². The van der Waals surface area contributed by atoms with Gasteiger partial charge in [-0.05, 0) is 47.0 Å². The molecule has 1 aromatic heterocycles. The molecule has 9 nitrogen and oxygen atoms in total. The number of rotatable bonds is 19. The number of aromatic nitrogens is 4. The van der Waals surface area contributed by atoms with E-state index in [4.69, 9.17) is 14.2 Å². The lowest BCUT2D eigenvalue weighted by Gasteiger charge is -2.10. The Labute approximate surface area is 209 Å². The lowest BCUT2D eigenvalue weighted by molar-refractivity contribution is -0.126. The number of hydrogen-bond donors (Lipinski definition) is 1. The smallest absolute Gasteiger partial charge is 0.245 e. The van der Waals surface area contributed by atoms with E-state index in [2.05, 4.69) is 48.5 Å². The van der Waals surface area contributed by atoms with Crippen molar-refractivity contribution in [1.82, 2.24) is 25.5 Å². The van der Waals surface area contributed by atoms with Gasteiger partial charge in [-0.25, -0.2) is 0 Å². The van der Waals surface area contributed by atoms with Crippen molar-refractivity contribution in [3.05, 3.63) is 30.1 Å². The molecule has 0 aliphatic rings. The third kappa shape index (κ3) is 12.1. The van der Waals surface area contributed by atoms with E-state index in [-0.39, 0.29) is 18.4 Å². The summed E-state index contributed by atoms with van der Waals surface area (Å²) in [7, 11) is 0. The largest absolute Gasteiger partial charge is 0.491 e. The average molecular weight is 490 g/mol. The zero-order valence-electron chi connectivity index (χ0n) is 21.9. The standard InChI is InChI=1S/C26H43N5O4/c1-21(2)10-8-6-5-7-9-15-27-25(32)20-34-17-16-33-18-19-35-24-13-11-23(12-14-24)31-26(22(3)4)28-29-30-31/h11-14,21-22H,5-10,15-20H2,1-4H3,(H,27,32). The van der Waals surface area contributed by atoms with E-state index in [0.717, 1.165) is 42.6 Å². The Bertz CT molecular complexity index is 823. The molecule has 0 aliphatic carbocycles. The molecule has 1 heterocycles. The van der Waals surface area contributed by atoms with Crippen LogP contribution in [0.2, 0.25) is 0 Å². The molecule has 0 bridgehead atoms. The Morgan fingerprint density at radius 2 is 1.60 bits per heavy atom. The molecule has 9 heteroatoms. The summed E-state index contributed by atoms with van der Waals surface area (Å²) in [6.07, 6.45) is 7.33. The molecule has 1 N–H and O–H groups in total. The normalized spacial score (nSPS) is 11.4. The number of ether oxygens (including phenoxy) is 3. The fourth-order valence-electron chi connectivity index (χ4n) is 3.51.